The second-order valence-corrected chi connectivity index (χ2v) is 8.22. The number of hydrogen-bond donors (Lipinski definition) is 1. The third kappa shape index (κ3) is 3.54. The molecule has 3 atom stereocenters. The van der Waals surface area contributed by atoms with Crippen LogP contribution in [-0.2, 0) is 0 Å². The van der Waals surface area contributed by atoms with Crippen LogP contribution in [0, 0.1) is 11.8 Å². The Morgan fingerprint density at radius 2 is 1.86 bits per heavy atom. The van der Waals surface area contributed by atoms with Crippen molar-refractivity contribution in [2.24, 2.45) is 17.6 Å². The monoisotopic (exact) mass is 414 g/mol. The van der Waals surface area contributed by atoms with E-state index in [0.29, 0.717) is 12.6 Å². The quantitative estimate of drug-likeness (QED) is 0.773. The topological polar surface area (TPSA) is 29.3 Å². The normalized spacial score (nSPS) is 28.1. The van der Waals surface area contributed by atoms with E-state index in [-0.39, 0.29) is 0 Å². The molecule has 0 amide bonds. The molecule has 2 nitrogen and oxygen atoms in total. The van der Waals surface area contributed by atoms with Gasteiger partial charge in [0.15, 0.2) is 0 Å². The zero-order valence-electron chi connectivity index (χ0n) is 12.4. The van der Waals surface area contributed by atoms with Gasteiger partial charge in [-0.05, 0) is 80.8 Å². The highest BCUT2D eigenvalue weighted by Gasteiger charge is 2.33. The Kier molecular flexibility index (Phi) is 5.41. The van der Waals surface area contributed by atoms with E-state index in [4.69, 9.17) is 5.73 Å². The van der Waals surface area contributed by atoms with Crippen LogP contribution in [0.2, 0.25) is 0 Å². The van der Waals surface area contributed by atoms with Gasteiger partial charge in [0, 0.05) is 28.1 Å². The zero-order valence-corrected chi connectivity index (χ0v) is 15.6. The summed E-state index contributed by atoms with van der Waals surface area (Å²) in [5.41, 5.74) is 7.46. The summed E-state index contributed by atoms with van der Waals surface area (Å²) >= 11 is 7.17. The van der Waals surface area contributed by atoms with Gasteiger partial charge in [0.25, 0.3) is 0 Å². The van der Waals surface area contributed by atoms with Gasteiger partial charge in [0.1, 0.15) is 0 Å². The third-order valence-electron chi connectivity index (χ3n) is 5.32. The van der Waals surface area contributed by atoms with Crippen molar-refractivity contribution in [3.63, 3.8) is 0 Å². The molecular formula is C17H24Br2N2. The first kappa shape index (κ1) is 16.0. The number of fused-ring (bicyclic) bond motifs is 1. The smallest absolute Gasteiger partial charge is 0.0470 e. The average Bonchev–Trinajstić information content (AvgIpc) is 2.51. The highest BCUT2D eigenvalue weighted by molar-refractivity contribution is 9.13. The molecular weight excluding hydrogens is 392 g/mol. The summed E-state index contributed by atoms with van der Waals surface area (Å²) in [6.45, 7) is 3.14. The second kappa shape index (κ2) is 7.12. The summed E-state index contributed by atoms with van der Waals surface area (Å²) in [4.78, 5) is 2.63. The SMILES string of the molecule is NCC(c1ccc(Br)c(Br)c1)N1CCC2CCCCC2C1. The van der Waals surface area contributed by atoms with Gasteiger partial charge >= 0.3 is 0 Å². The first-order chi connectivity index (χ1) is 10.2. The summed E-state index contributed by atoms with van der Waals surface area (Å²) in [5.74, 6) is 1.88. The molecule has 116 valence electrons. The summed E-state index contributed by atoms with van der Waals surface area (Å²) in [7, 11) is 0. The molecule has 21 heavy (non-hydrogen) atoms. The highest BCUT2D eigenvalue weighted by Crippen LogP contribution is 2.39. The molecule has 1 aromatic rings. The van der Waals surface area contributed by atoms with E-state index in [9.17, 15) is 0 Å². The number of hydrogen-bond acceptors (Lipinski definition) is 2. The maximum atomic E-state index is 6.12. The van der Waals surface area contributed by atoms with Gasteiger partial charge < -0.3 is 5.73 Å². The molecule has 2 aliphatic rings. The Hall–Kier alpha value is 0.1000. The number of nitrogens with two attached hydrogens (primary N) is 1. The molecule has 4 heteroatoms. The van der Waals surface area contributed by atoms with E-state index in [1.54, 1.807) is 0 Å². The molecule has 1 aliphatic carbocycles. The maximum Gasteiger partial charge on any atom is 0.0470 e. The summed E-state index contributed by atoms with van der Waals surface area (Å²) in [5, 5.41) is 0. The molecule has 0 bridgehead atoms. The van der Waals surface area contributed by atoms with Crippen LogP contribution in [0.15, 0.2) is 27.1 Å². The predicted molar refractivity (Wildman–Crippen MR) is 95.3 cm³/mol. The lowest BCUT2D eigenvalue weighted by atomic mass is 9.74. The standard InChI is InChI=1S/C17H24Br2N2/c18-15-6-5-13(9-16(15)19)17(10-20)21-8-7-12-3-1-2-4-14(12)11-21/h5-6,9,12,14,17H,1-4,7-8,10-11,20H2. The predicted octanol–water partition coefficient (Wildman–Crippen LogP) is 4.72. The average molecular weight is 416 g/mol. The lowest BCUT2D eigenvalue weighted by Crippen LogP contribution is -2.45. The van der Waals surface area contributed by atoms with Crippen molar-refractivity contribution in [3.05, 3.63) is 32.7 Å². The van der Waals surface area contributed by atoms with Crippen LogP contribution in [0.25, 0.3) is 0 Å². The first-order valence-corrected chi connectivity index (χ1v) is 9.66. The third-order valence-corrected chi connectivity index (χ3v) is 7.19. The van der Waals surface area contributed by atoms with E-state index in [2.05, 4.69) is 55.0 Å². The number of rotatable bonds is 3. The van der Waals surface area contributed by atoms with Gasteiger partial charge in [-0.15, -0.1) is 0 Å². The van der Waals surface area contributed by atoms with Gasteiger partial charge in [0.05, 0.1) is 0 Å². The summed E-state index contributed by atoms with van der Waals surface area (Å²) in [6, 6.07) is 6.90. The Balaban J connectivity index is 1.75. The number of halogens is 2. The second-order valence-electron chi connectivity index (χ2n) is 6.51. The van der Waals surface area contributed by atoms with Gasteiger partial charge in [-0.1, -0.05) is 25.3 Å². The van der Waals surface area contributed by atoms with E-state index >= 15 is 0 Å². The van der Waals surface area contributed by atoms with Crippen molar-refractivity contribution in [2.75, 3.05) is 19.6 Å². The first-order valence-electron chi connectivity index (χ1n) is 8.08. The van der Waals surface area contributed by atoms with Crippen LogP contribution < -0.4 is 5.73 Å². The van der Waals surface area contributed by atoms with Gasteiger partial charge in [-0.2, -0.15) is 0 Å². The van der Waals surface area contributed by atoms with Crippen LogP contribution in [0.5, 0.6) is 0 Å². The molecule has 0 aromatic heterocycles. The Morgan fingerprint density at radius 1 is 1.10 bits per heavy atom. The molecule has 0 radical (unpaired) electrons. The molecule has 3 rings (SSSR count). The van der Waals surface area contributed by atoms with Gasteiger partial charge in [-0.25, -0.2) is 0 Å². The minimum absolute atomic E-state index is 0.359. The molecule has 1 saturated heterocycles. The minimum Gasteiger partial charge on any atom is -0.329 e. The van der Waals surface area contributed by atoms with E-state index < -0.39 is 0 Å². The largest absolute Gasteiger partial charge is 0.329 e. The van der Waals surface area contributed by atoms with Crippen LogP contribution in [-0.4, -0.2) is 24.5 Å². The van der Waals surface area contributed by atoms with Gasteiger partial charge in [0.2, 0.25) is 0 Å². The molecule has 1 heterocycles. The van der Waals surface area contributed by atoms with Crippen molar-refractivity contribution in [1.82, 2.24) is 4.90 Å². The Labute approximate surface area is 144 Å². The van der Waals surface area contributed by atoms with Crippen LogP contribution in [0.3, 0.4) is 0 Å². The molecule has 1 saturated carbocycles. The highest BCUT2D eigenvalue weighted by atomic mass is 79.9. The zero-order chi connectivity index (χ0) is 14.8. The van der Waals surface area contributed by atoms with Crippen molar-refractivity contribution in [2.45, 2.75) is 38.1 Å². The summed E-state index contributed by atoms with van der Waals surface area (Å²) in [6.07, 6.45) is 7.10. The van der Waals surface area contributed by atoms with Crippen molar-refractivity contribution < 1.29 is 0 Å². The lowest BCUT2D eigenvalue weighted by Gasteiger charge is -2.44. The molecule has 0 spiro atoms. The van der Waals surface area contributed by atoms with Crippen LogP contribution in [0.1, 0.15) is 43.7 Å². The molecule has 3 unspecified atom stereocenters. The Bertz CT molecular complexity index is 492. The van der Waals surface area contributed by atoms with Crippen LogP contribution in [0.4, 0.5) is 0 Å². The molecule has 2 N–H and O–H groups in total. The van der Waals surface area contributed by atoms with Crippen molar-refractivity contribution in [1.29, 1.82) is 0 Å². The van der Waals surface area contributed by atoms with E-state index in [1.165, 1.54) is 50.8 Å². The molecule has 1 aromatic carbocycles. The Morgan fingerprint density at radius 3 is 2.57 bits per heavy atom. The molecule has 1 aliphatic heterocycles. The molecule has 2 fully saturated rings. The maximum absolute atomic E-state index is 6.12. The van der Waals surface area contributed by atoms with Gasteiger partial charge in [-0.3, -0.25) is 4.90 Å². The van der Waals surface area contributed by atoms with Crippen LogP contribution >= 0.6 is 31.9 Å². The number of piperidine rings is 1. The fourth-order valence-corrected chi connectivity index (χ4v) is 4.77. The van der Waals surface area contributed by atoms with E-state index in [0.717, 1.165) is 20.8 Å². The number of nitrogens with zero attached hydrogens (tertiary/aromatic N) is 1. The fourth-order valence-electron chi connectivity index (χ4n) is 4.13. The fraction of sp³-hybridized carbons (Fsp3) is 0.647. The summed E-state index contributed by atoms with van der Waals surface area (Å²) < 4.78 is 2.22. The minimum atomic E-state index is 0.359. The number of benzene rings is 1. The van der Waals surface area contributed by atoms with E-state index in [1.807, 2.05) is 0 Å². The van der Waals surface area contributed by atoms with Crippen molar-refractivity contribution in [3.8, 4) is 0 Å². The lowest BCUT2D eigenvalue weighted by molar-refractivity contribution is 0.0586. The number of likely N-dealkylation sites (tertiary alicyclic amines) is 1. The van der Waals surface area contributed by atoms with Crippen molar-refractivity contribution >= 4 is 31.9 Å².